The van der Waals surface area contributed by atoms with Gasteiger partial charge < -0.3 is 15.2 Å². The third-order valence-corrected chi connectivity index (χ3v) is 4.47. The van der Waals surface area contributed by atoms with E-state index in [-0.39, 0.29) is 5.69 Å². The topological polar surface area (TPSA) is 92.9 Å². The first-order valence-corrected chi connectivity index (χ1v) is 9.04. The Morgan fingerprint density at radius 2 is 2.00 bits per heavy atom. The first kappa shape index (κ1) is 16.9. The Balaban J connectivity index is 1.46. The van der Waals surface area contributed by atoms with Crippen molar-refractivity contribution < 1.29 is 9.32 Å². The highest BCUT2D eigenvalue weighted by Crippen LogP contribution is 2.27. The predicted octanol–water partition coefficient (Wildman–Crippen LogP) is 4.50. The van der Waals surface area contributed by atoms with Gasteiger partial charge in [-0.15, -0.1) is 11.3 Å². The summed E-state index contributed by atoms with van der Waals surface area (Å²) in [4.78, 5) is 20.8. The summed E-state index contributed by atoms with van der Waals surface area (Å²) >= 11 is 1.44. The second kappa shape index (κ2) is 7.38. The highest BCUT2D eigenvalue weighted by molar-refractivity contribution is 7.14. The van der Waals surface area contributed by atoms with Crippen molar-refractivity contribution in [3.05, 3.63) is 71.4 Å². The predicted molar refractivity (Wildman–Crippen MR) is 104 cm³/mol. The van der Waals surface area contributed by atoms with Gasteiger partial charge in [0.1, 0.15) is 11.5 Å². The monoisotopic (exact) mass is 377 g/mol. The maximum Gasteiger partial charge on any atom is 0.279 e. The Morgan fingerprint density at radius 3 is 2.78 bits per heavy atom. The molecule has 134 valence electrons. The molecule has 0 fully saturated rings. The molecule has 0 radical (unpaired) electrons. The number of nitrogens with zero attached hydrogens (tertiary/aromatic N) is 3. The molecule has 0 aliphatic rings. The van der Waals surface area contributed by atoms with E-state index in [9.17, 15) is 4.79 Å². The molecule has 0 spiro atoms. The number of aromatic nitrogens is 3. The van der Waals surface area contributed by atoms with E-state index in [1.54, 1.807) is 30.5 Å². The lowest BCUT2D eigenvalue weighted by atomic mass is 10.2. The van der Waals surface area contributed by atoms with E-state index >= 15 is 0 Å². The minimum absolute atomic E-state index is 0.164. The van der Waals surface area contributed by atoms with Crippen LogP contribution in [0.2, 0.25) is 0 Å². The molecule has 1 aromatic carbocycles. The Hall–Kier alpha value is -3.52. The number of aryl methyl sites for hydroxylation is 1. The standard InChI is InChI=1S/C19H15N5O2S/c1-12-5-7-13(8-6-12)21-19-22-15(11-27-19)16-10-14(24-26-16)18(25)23-17-4-2-3-9-20-17/h2-11H,1H3,(H,21,22)(H,20,23,25). The molecule has 8 heteroatoms. The van der Waals surface area contributed by atoms with Crippen LogP contribution < -0.4 is 10.6 Å². The van der Waals surface area contributed by atoms with Gasteiger partial charge in [-0.05, 0) is 31.2 Å². The van der Waals surface area contributed by atoms with E-state index in [0.717, 1.165) is 10.8 Å². The lowest BCUT2D eigenvalue weighted by Crippen LogP contribution is -2.12. The summed E-state index contributed by atoms with van der Waals surface area (Å²) in [5, 5.41) is 12.3. The molecule has 0 atom stereocenters. The van der Waals surface area contributed by atoms with Gasteiger partial charge >= 0.3 is 0 Å². The smallest absolute Gasteiger partial charge is 0.279 e. The molecular formula is C19H15N5O2S. The van der Waals surface area contributed by atoms with E-state index in [1.807, 2.05) is 36.6 Å². The zero-order valence-corrected chi connectivity index (χ0v) is 15.2. The number of pyridine rings is 1. The summed E-state index contributed by atoms with van der Waals surface area (Å²) in [7, 11) is 0. The van der Waals surface area contributed by atoms with E-state index in [1.165, 1.54) is 16.9 Å². The maximum atomic E-state index is 12.2. The van der Waals surface area contributed by atoms with Crippen molar-refractivity contribution >= 4 is 33.9 Å². The molecule has 2 N–H and O–H groups in total. The number of hydrogen-bond donors (Lipinski definition) is 2. The summed E-state index contributed by atoms with van der Waals surface area (Å²) in [5.41, 5.74) is 2.92. The Morgan fingerprint density at radius 1 is 1.15 bits per heavy atom. The minimum atomic E-state index is -0.392. The zero-order valence-electron chi connectivity index (χ0n) is 14.3. The molecular weight excluding hydrogens is 362 g/mol. The minimum Gasteiger partial charge on any atom is -0.354 e. The molecule has 0 bridgehead atoms. The fourth-order valence-corrected chi connectivity index (χ4v) is 3.04. The van der Waals surface area contributed by atoms with Crippen LogP contribution in [0.1, 0.15) is 16.1 Å². The highest BCUT2D eigenvalue weighted by Gasteiger charge is 2.16. The number of rotatable bonds is 5. The van der Waals surface area contributed by atoms with Gasteiger partial charge in [-0.25, -0.2) is 9.97 Å². The molecule has 7 nitrogen and oxygen atoms in total. The molecule has 3 heterocycles. The third kappa shape index (κ3) is 4.01. The van der Waals surface area contributed by atoms with Crippen LogP contribution in [-0.2, 0) is 0 Å². The van der Waals surface area contributed by atoms with Gasteiger partial charge in [-0.2, -0.15) is 0 Å². The Kier molecular flexibility index (Phi) is 4.63. The number of hydrogen-bond acceptors (Lipinski definition) is 7. The normalized spacial score (nSPS) is 10.6. The van der Waals surface area contributed by atoms with Crippen molar-refractivity contribution in [1.29, 1.82) is 0 Å². The lowest BCUT2D eigenvalue weighted by molar-refractivity contribution is 0.101. The van der Waals surface area contributed by atoms with Gasteiger partial charge in [0.25, 0.3) is 5.91 Å². The molecule has 3 aromatic heterocycles. The molecule has 0 saturated heterocycles. The van der Waals surface area contributed by atoms with Crippen molar-refractivity contribution in [3.63, 3.8) is 0 Å². The molecule has 1 amide bonds. The van der Waals surface area contributed by atoms with Crippen molar-refractivity contribution in [2.75, 3.05) is 10.6 Å². The fourth-order valence-electron chi connectivity index (χ4n) is 2.32. The number of carbonyl (C=O) groups excluding carboxylic acids is 1. The quantitative estimate of drug-likeness (QED) is 0.532. The second-order valence-corrected chi connectivity index (χ2v) is 6.63. The molecule has 0 aliphatic carbocycles. The van der Waals surface area contributed by atoms with Crippen molar-refractivity contribution in [1.82, 2.24) is 15.1 Å². The van der Waals surface area contributed by atoms with Gasteiger partial charge in [0.05, 0.1) is 0 Å². The highest BCUT2D eigenvalue weighted by atomic mass is 32.1. The molecule has 4 rings (SSSR count). The van der Waals surface area contributed by atoms with Gasteiger partial charge in [0.15, 0.2) is 16.6 Å². The van der Waals surface area contributed by atoms with Crippen LogP contribution in [0, 0.1) is 6.92 Å². The number of nitrogens with one attached hydrogen (secondary N) is 2. The van der Waals surface area contributed by atoms with Crippen LogP contribution in [0.25, 0.3) is 11.5 Å². The zero-order chi connectivity index (χ0) is 18.6. The second-order valence-electron chi connectivity index (χ2n) is 5.77. The SMILES string of the molecule is Cc1ccc(Nc2nc(-c3cc(C(=O)Nc4ccccn4)no3)cs2)cc1. The molecule has 0 saturated carbocycles. The van der Waals surface area contributed by atoms with Crippen molar-refractivity contribution in [2.45, 2.75) is 6.92 Å². The largest absolute Gasteiger partial charge is 0.354 e. The van der Waals surface area contributed by atoms with E-state index < -0.39 is 5.91 Å². The van der Waals surface area contributed by atoms with E-state index in [0.29, 0.717) is 17.3 Å². The van der Waals surface area contributed by atoms with Crippen LogP contribution >= 0.6 is 11.3 Å². The lowest BCUT2D eigenvalue weighted by Gasteiger charge is -2.02. The fraction of sp³-hybridized carbons (Fsp3) is 0.0526. The Labute approximate surface area is 159 Å². The average Bonchev–Trinajstić information content (AvgIpc) is 3.34. The van der Waals surface area contributed by atoms with Gasteiger partial charge in [-0.1, -0.05) is 28.9 Å². The van der Waals surface area contributed by atoms with E-state index in [2.05, 4.69) is 25.8 Å². The van der Waals surface area contributed by atoms with E-state index in [4.69, 9.17) is 4.52 Å². The molecule has 4 aromatic rings. The van der Waals surface area contributed by atoms with Gasteiger partial charge in [-0.3, -0.25) is 4.79 Å². The average molecular weight is 377 g/mol. The summed E-state index contributed by atoms with van der Waals surface area (Å²) in [5.74, 6) is 0.483. The van der Waals surface area contributed by atoms with Crippen LogP contribution in [0.4, 0.5) is 16.6 Å². The van der Waals surface area contributed by atoms with Crippen LogP contribution in [0.3, 0.4) is 0 Å². The summed E-state index contributed by atoms with van der Waals surface area (Å²) in [6.45, 7) is 2.04. The summed E-state index contributed by atoms with van der Waals surface area (Å²) in [6.07, 6.45) is 1.60. The number of amides is 1. The number of thiazole rings is 1. The first-order valence-electron chi connectivity index (χ1n) is 8.16. The molecule has 27 heavy (non-hydrogen) atoms. The first-order chi connectivity index (χ1) is 13.2. The van der Waals surface area contributed by atoms with Crippen LogP contribution in [-0.4, -0.2) is 21.0 Å². The van der Waals surface area contributed by atoms with Crippen molar-refractivity contribution in [3.8, 4) is 11.5 Å². The van der Waals surface area contributed by atoms with Crippen LogP contribution in [0.15, 0.2) is 64.6 Å². The number of anilines is 3. The molecule has 0 unspecified atom stereocenters. The Bertz CT molecular complexity index is 1060. The summed E-state index contributed by atoms with van der Waals surface area (Å²) in [6, 6.07) is 14.9. The maximum absolute atomic E-state index is 12.2. The van der Waals surface area contributed by atoms with Crippen molar-refractivity contribution in [2.24, 2.45) is 0 Å². The number of benzene rings is 1. The van der Waals surface area contributed by atoms with Gasteiger partial charge in [0, 0.05) is 23.3 Å². The van der Waals surface area contributed by atoms with Crippen LogP contribution in [0.5, 0.6) is 0 Å². The number of carbonyl (C=O) groups is 1. The third-order valence-electron chi connectivity index (χ3n) is 3.71. The summed E-state index contributed by atoms with van der Waals surface area (Å²) < 4.78 is 5.27. The molecule has 0 aliphatic heterocycles. The van der Waals surface area contributed by atoms with Gasteiger partial charge in [0.2, 0.25) is 0 Å².